The Bertz CT molecular complexity index is 553. The molecule has 6 nitrogen and oxygen atoms in total. The molecule has 1 aromatic rings. The Labute approximate surface area is 137 Å². The molecule has 1 aromatic heterocycles. The van der Waals surface area contributed by atoms with E-state index in [1.807, 2.05) is 13.1 Å². The van der Waals surface area contributed by atoms with E-state index in [0.717, 1.165) is 37.2 Å². The molecule has 23 heavy (non-hydrogen) atoms. The van der Waals surface area contributed by atoms with Crippen LogP contribution in [0.25, 0.3) is 0 Å². The lowest BCUT2D eigenvalue weighted by atomic mass is 9.83. The normalized spacial score (nSPS) is 25.0. The molecule has 0 aliphatic heterocycles. The number of anilines is 1. The van der Waals surface area contributed by atoms with Gasteiger partial charge in [0.05, 0.1) is 11.8 Å². The summed E-state index contributed by atoms with van der Waals surface area (Å²) in [7, 11) is 3.66. The first kappa shape index (κ1) is 16.3. The van der Waals surface area contributed by atoms with Gasteiger partial charge >= 0.3 is 6.03 Å². The molecule has 0 aromatic carbocycles. The third kappa shape index (κ3) is 3.68. The van der Waals surface area contributed by atoms with Crippen LogP contribution in [0.3, 0.4) is 0 Å². The zero-order valence-corrected chi connectivity index (χ0v) is 14.2. The number of urea groups is 1. The molecular weight excluding hydrogens is 292 g/mol. The van der Waals surface area contributed by atoms with Crippen molar-refractivity contribution in [2.75, 3.05) is 18.9 Å². The van der Waals surface area contributed by atoms with Gasteiger partial charge in [-0.05, 0) is 25.7 Å². The summed E-state index contributed by atoms with van der Waals surface area (Å²) in [5.74, 6) is 1.49. The quantitative estimate of drug-likeness (QED) is 0.896. The van der Waals surface area contributed by atoms with Gasteiger partial charge in [0.1, 0.15) is 5.82 Å². The summed E-state index contributed by atoms with van der Waals surface area (Å²) < 4.78 is 1.74. The number of rotatable bonds is 4. The Morgan fingerprint density at radius 1 is 1.35 bits per heavy atom. The van der Waals surface area contributed by atoms with Crippen LogP contribution in [0.1, 0.15) is 56.6 Å². The van der Waals surface area contributed by atoms with E-state index in [1.165, 1.54) is 19.3 Å². The van der Waals surface area contributed by atoms with Crippen LogP contribution in [-0.4, -0.2) is 45.5 Å². The number of carbonyl (C=O) groups excluding carboxylic acids is 1. The van der Waals surface area contributed by atoms with Gasteiger partial charge in [-0.2, -0.15) is 5.10 Å². The highest BCUT2D eigenvalue weighted by molar-refractivity contribution is 5.88. The topological polar surface area (TPSA) is 70.4 Å². The summed E-state index contributed by atoms with van der Waals surface area (Å²) in [5.41, 5.74) is 1.08. The van der Waals surface area contributed by atoms with Gasteiger partial charge in [0.2, 0.25) is 0 Å². The molecule has 2 aliphatic rings. The lowest BCUT2D eigenvalue weighted by molar-refractivity contribution is 0.0575. The predicted molar refractivity (Wildman–Crippen MR) is 89.4 cm³/mol. The Hall–Kier alpha value is -1.56. The maximum Gasteiger partial charge on any atom is 0.322 e. The van der Waals surface area contributed by atoms with Gasteiger partial charge in [0.15, 0.2) is 0 Å². The number of aliphatic hydroxyl groups is 1. The van der Waals surface area contributed by atoms with Gasteiger partial charge in [-0.25, -0.2) is 4.79 Å². The largest absolute Gasteiger partial charge is 0.393 e. The molecule has 2 aliphatic carbocycles. The lowest BCUT2D eigenvalue weighted by Gasteiger charge is -2.31. The van der Waals surface area contributed by atoms with Crippen molar-refractivity contribution in [2.45, 2.75) is 57.0 Å². The highest BCUT2D eigenvalue weighted by Gasteiger charge is 2.27. The molecule has 2 N–H and O–H groups in total. The number of nitrogens with one attached hydrogen (secondary N) is 1. The Morgan fingerprint density at radius 3 is 2.74 bits per heavy atom. The first-order valence-electron chi connectivity index (χ1n) is 8.78. The molecule has 0 saturated heterocycles. The van der Waals surface area contributed by atoms with E-state index in [-0.39, 0.29) is 18.1 Å². The van der Waals surface area contributed by atoms with Crippen molar-refractivity contribution in [3.63, 3.8) is 0 Å². The van der Waals surface area contributed by atoms with E-state index in [9.17, 15) is 9.90 Å². The van der Waals surface area contributed by atoms with Crippen molar-refractivity contribution < 1.29 is 9.90 Å². The van der Waals surface area contributed by atoms with Crippen molar-refractivity contribution in [1.82, 2.24) is 14.7 Å². The number of aliphatic hydroxyl groups excluding tert-OH is 1. The Morgan fingerprint density at radius 2 is 2.09 bits per heavy atom. The maximum atomic E-state index is 12.4. The van der Waals surface area contributed by atoms with Crippen LogP contribution < -0.4 is 5.32 Å². The molecule has 1 heterocycles. The summed E-state index contributed by atoms with van der Waals surface area (Å²) in [4.78, 5) is 14.1. The molecule has 6 heteroatoms. The second-order valence-corrected chi connectivity index (χ2v) is 7.13. The molecule has 2 atom stereocenters. The standard InChI is InChI=1S/C17H28N4O2/c1-20(11-13-6-3-4-9-15(13)22)17(23)18-16-10-14(19-21(16)2)12-7-5-8-12/h10,12-13,15,22H,3-9,11H2,1-2H3,(H,18,23). The van der Waals surface area contributed by atoms with Gasteiger partial charge in [0.25, 0.3) is 0 Å². The van der Waals surface area contributed by atoms with Crippen molar-refractivity contribution in [1.29, 1.82) is 0 Å². The molecule has 2 fully saturated rings. The summed E-state index contributed by atoms with van der Waals surface area (Å²) in [6, 6.07) is 1.86. The van der Waals surface area contributed by atoms with Gasteiger partial charge in [0, 0.05) is 38.5 Å². The van der Waals surface area contributed by atoms with E-state index in [4.69, 9.17) is 0 Å². The second kappa shape index (κ2) is 6.91. The SMILES string of the molecule is CN(CC1CCCCC1O)C(=O)Nc1cc(C2CCC2)nn1C. The first-order chi connectivity index (χ1) is 11.0. The third-order valence-corrected chi connectivity index (χ3v) is 5.38. The van der Waals surface area contributed by atoms with E-state index in [1.54, 1.807) is 16.6 Å². The van der Waals surface area contributed by atoms with Gasteiger partial charge in [-0.1, -0.05) is 19.3 Å². The summed E-state index contributed by atoms with van der Waals surface area (Å²) in [6.07, 6.45) is 7.48. The highest BCUT2D eigenvalue weighted by atomic mass is 16.3. The summed E-state index contributed by atoms with van der Waals surface area (Å²) in [6.45, 7) is 0.598. The molecule has 2 amide bonds. The average molecular weight is 320 g/mol. The fraction of sp³-hybridized carbons (Fsp3) is 0.765. The van der Waals surface area contributed by atoms with Crippen molar-refractivity contribution in [3.05, 3.63) is 11.8 Å². The van der Waals surface area contributed by atoms with E-state index < -0.39 is 0 Å². The Balaban J connectivity index is 1.56. The summed E-state index contributed by atoms with van der Waals surface area (Å²) in [5, 5.41) is 17.5. The monoisotopic (exact) mass is 320 g/mol. The molecule has 3 rings (SSSR count). The number of aryl methyl sites for hydroxylation is 1. The van der Waals surface area contributed by atoms with Crippen molar-refractivity contribution >= 4 is 11.8 Å². The smallest absolute Gasteiger partial charge is 0.322 e. The lowest BCUT2D eigenvalue weighted by Crippen LogP contribution is -2.40. The predicted octanol–water partition coefficient (Wildman–Crippen LogP) is 2.70. The number of hydrogen-bond donors (Lipinski definition) is 2. The average Bonchev–Trinajstić information content (AvgIpc) is 2.80. The van der Waals surface area contributed by atoms with Crippen molar-refractivity contribution in [3.8, 4) is 0 Å². The fourth-order valence-electron chi connectivity index (χ4n) is 3.55. The molecule has 0 radical (unpaired) electrons. The minimum absolute atomic E-state index is 0.133. The van der Waals surface area contributed by atoms with E-state index in [0.29, 0.717) is 12.5 Å². The van der Waals surface area contributed by atoms with Crippen LogP contribution in [-0.2, 0) is 7.05 Å². The zero-order valence-electron chi connectivity index (χ0n) is 14.2. The molecule has 2 saturated carbocycles. The number of carbonyl (C=O) groups is 1. The number of aromatic nitrogens is 2. The Kier molecular flexibility index (Phi) is 4.90. The minimum Gasteiger partial charge on any atom is -0.393 e. The molecule has 128 valence electrons. The fourth-order valence-corrected chi connectivity index (χ4v) is 3.55. The van der Waals surface area contributed by atoms with Crippen LogP contribution >= 0.6 is 0 Å². The van der Waals surface area contributed by atoms with Gasteiger partial charge in [-0.15, -0.1) is 0 Å². The third-order valence-electron chi connectivity index (χ3n) is 5.38. The van der Waals surface area contributed by atoms with Crippen LogP contribution in [0.4, 0.5) is 10.6 Å². The molecular formula is C17H28N4O2. The number of nitrogens with zero attached hydrogens (tertiary/aromatic N) is 3. The van der Waals surface area contributed by atoms with Crippen LogP contribution in [0.2, 0.25) is 0 Å². The van der Waals surface area contributed by atoms with Crippen LogP contribution in [0, 0.1) is 5.92 Å². The van der Waals surface area contributed by atoms with Gasteiger partial charge in [-0.3, -0.25) is 10.00 Å². The summed E-state index contributed by atoms with van der Waals surface area (Å²) >= 11 is 0. The van der Waals surface area contributed by atoms with E-state index >= 15 is 0 Å². The van der Waals surface area contributed by atoms with Gasteiger partial charge < -0.3 is 10.0 Å². The van der Waals surface area contributed by atoms with Crippen LogP contribution in [0.15, 0.2) is 6.07 Å². The second-order valence-electron chi connectivity index (χ2n) is 7.13. The van der Waals surface area contributed by atoms with Crippen LogP contribution in [0.5, 0.6) is 0 Å². The maximum absolute atomic E-state index is 12.4. The molecule has 2 unspecified atom stereocenters. The molecule has 0 bridgehead atoms. The zero-order chi connectivity index (χ0) is 16.4. The van der Waals surface area contributed by atoms with E-state index in [2.05, 4.69) is 10.4 Å². The number of hydrogen-bond acceptors (Lipinski definition) is 3. The first-order valence-corrected chi connectivity index (χ1v) is 8.78. The number of amides is 2. The minimum atomic E-state index is -0.277. The highest BCUT2D eigenvalue weighted by Crippen LogP contribution is 2.36. The van der Waals surface area contributed by atoms with Crippen molar-refractivity contribution in [2.24, 2.45) is 13.0 Å². The molecule has 0 spiro atoms.